The third-order valence-electron chi connectivity index (χ3n) is 6.36. The first kappa shape index (κ1) is 23.8. The number of rotatable bonds is 6. The molecule has 1 fully saturated rings. The van der Waals surface area contributed by atoms with Gasteiger partial charge in [0.25, 0.3) is 0 Å². The van der Waals surface area contributed by atoms with Gasteiger partial charge >= 0.3 is 0 Å². The van der Waals surface area contributed by atoms with Gasteiger partial charge in [-0.3, -0.25) is 9.69 Å². The van der Waals surface area contributed by atoms with Gasteiger partial charge in [0.2, 0.25) is 5.91 Å². The second-order valence-electron chi connectivity index (χ2n) is 8.85. The largest absolute Gasteiger partial charge is 0.384 e. The molecule has 1 amide bonds. The van der Waals surface area contributed by atoms with Gasteiger partial charge in [-0.15, -0.1) is 0 Å². The zero-order valence-corrected chi connectivity index (χ0v) is 19.7. The number of piperazine rings is 1. The van der Waals surface area contributed by atoms with Crippen LogP contribution >= 0.6 is 11.6 Å². The van der Waals surface area contributed by atoms with Crippen molar-refractivity contribution in [1.29, 1.82) is 5.26 Å². The third kappa shape index (κ3) is 5.07. The monoisotopic (exact) mass is 474 g/mol. The smallest absolute Gasteiger partial charge is 0.248 e. The van der Waals surface area contributed by atoms with E-state index >= 15 is 0 Å². The molecule has 1 aliphatic heterocycles. The Labute approximate surface area is 204 Å². The van der Waals surface area contributed by atoms with Gasteiger partial charge in [0.15, 0.2) is 0 Å². The van der Waals surface area contributed by atoms with Crippen LogP contribution in [0.4, 0.5) is 5.69 Å². The molecule has 1 saturated heterocycles. The summed E-state index contributed by atoms with van der Waals surface area (Å²) < 4.78 is 0. The molecule has 4 rings (SSSR count). The lowest BCUT2D eigenvalue weighted by molar-refractivity contribution is 0.0103. The zero-order valence-electron chi connectivity index (χ0n) is 19.0. The van der Waals surface area contributed by atoms with Crippen molar-refractivity contribution < 1.29 is 9.90 Å². The standard InChI is InChI=1S/C27H27ClN4O2/c1-27(34,22-10-7-19(16-29)8-11-22)18-31-13-14-32(25(17-31)20-5-3-2-4-6-20)24-12-9-21(26(30)33)15-23(24)28/h2-12,15,25,34H,13-14,17-18H2,1H3,(H2,30,33)/t25-,27+/m0/s1. The van der Waals surface area contributed by atoms with Crippen molar-refractivity contribution in [2.45, 2.75) is 18.6 Å². The highest BCUT2D eigenvalue weighted by molar-refractivity contribution is 6.33. The van der Waals surface area contributed by atoms with Gasteiger partial charge in [-0.1, -0.05) is 54.1 Å². The molecule has 0 aliphatic carbocycles. The average molecular weight is 475 g/mol. The Morgan fingerprint density at radius 3 is 2.47 bits per heavy atom. The Hall–Kier alpha value is -3.37. The van der Waals surface area contributed by atoms with Crippen molar-refractivity contribution in [1.82, 2.24) is 4.90 Å². The number of anilines is 1. The van der Waals surface area contributed by atoms with Gasteiger partial charge < -0.3 is 15.7 Å². The number of hydrogen-bond donors (Lipinski definition) is 2. The number of nitrogens with zero attached hydrogens (tertiary/aromatic N) is 3. The zero-order chi connectivity index (χ0) is 24.3. The van der Waals surface area contributed by atoms with E-state index in [1.165, 1.54) is 0 Å². The van der Waals surface area contributed by atoms with Crippen LogP contribution in [0.3, 0.4) is 0 Å². The van der Waals surface area contributed by atoms with Crippen molar-refractivity contribution in [3.63, 3.8) is 0 Å². The van der Waals surface area contributed by atoms with E-state index in [1.54, 1.807) is 31.2 Å². The van der Waals surface area contributed by atoms with Crippen LogP contribution < -0.4 is 10.6 Å². The highest BCUT2D eigenvalue weighted by Gasteiger charge is 2.34. The fourth-order valence-electron chi connectivity index (χ4n) is 4.56. The van der Waals surface area contributed by atoms with Crippen LogP contribution in [-0.2, 0) is 5.60 Å². The summed E-state index contributed by atoms with van der Waals surface area (Å²) in [5.74, 6) is -0.511. The van der Waals surface area contributed by atoms with Crippen molar-refractivity contribution >= 4 is 23.2 Å². The van der Waals surface area contributed by atoms with Crippen LogP contribution in [0, 0.1) is 11.3 Å². The van der Waals surface area contributed by atoms with Crippen LogP contribution in [0.25, 0.3) is 0 Å². The second-order valence-corrected chi connectivity index (χ2v) is 9.26. The molecule has 7 heteroatoms. The third-order valence-corrected chi connectivity index (χ3v) is 6.66. The van der Waals surface area contributed by atoms with E-state index in [0.717, 1.165) is 23.4 Å². The average Bonchev–Trinajstić information content (AvgIpc) is 2.84. The van der Waals surface area contributed by atoms with Gasteiger partial charge in [0.05, 0.1) is 34.0 Å². The Morgan fingerprint density at radius 2 is 1.85 bits per heavy atom. The van der Waals surface area contributed by atoms with Crippen molar-refractivity contribution in [3.05, 3.63) is 100 Å². The summed E-state index contributed by atoms with van der Waals surface area (Å²) in [5, 5.41) is 20.8. The van der Waals surface area contributed by atoms with Crippen molar-refractivity contribution in [2.24, 2.45) is 5.73 Å². The van der Waals surface area contributed by atoms with Gasteiger partial charge in [-0.2, -0.15) is 5.26 Å². The molecule has 1 heterocycles. The van der Waals surface area contributed by atoms with Crippen LogP contribution in [0.15, 0.2) is 72.8 Å². The fourth-order valence-corrected chi connectivity index (χ4v) is 4.84. The van der Waals surface area contributed by atoms with E-state index in [-0.39, 0.29) is 6.04 Å². The van der Waals surface area contributed by atoms with E-state index in [1.807, 2.05) is 36.4 Å². The summed E-state index contributed by atoms with van der Waals surface area (Å²) in [7, 11) is 0. The summed E-state index contributed by atoms with van der Waals surface area (Å²) in [4.78, 5) is 16.1. The highest BCUT2D eigenvalue weighted by atomic mass is 35.5. The lowest BCUT2D eigenvalue weighted by Gasteiger charge is -2.45. The highest BCUT2D eigenvalue weighted by Crippen LogP contribution is 2.36. The Kier molecular flexibility index (Phi) is 6.90. The summed E-state index contributed by atoms with van der Waals surface area (Å²) in [6.45, 7) is 4.36. The molecule has 3 aromatic rings. The molecular formula is C27H27ClN4O2. The van der Waals surface area contributed by atoms with Crippen molar-refractivity contribution in [3.8, 4) is 6.07 Å². The maximum absolute atomic E-state index is 11.6. The van der Waals surface area contributed by atoms with Gasteiger partial charge in [0, 0.05) is 31.7 Å². The summed E-state index contributed by atoms with van der Waals surface area (Å²) >= 11 is 6.58. The minimum absolute atomic E-state index is 0.00337. The molecule has 0 aromatic heterocycles. The first-order chi connectivity index (χ1) is 16.3. The van der Waals surface area contributed by atoms with Crippen LogP contribution in [-0.4, -0.2) is 42.1 Å². The number of nitrogens with two attached hydrogens (primary N) is 1. The van der Waals surface area contributed by atoms with Crippen LogP contribution in [0.1, 0.15) is 40.0 Å². The predicted octanol–water partition coefficient (Wildman–Crippen LogP) is 4.08. The lowest BCUT2D eigenvalue weighted by Crippen LogP contribution is -2.52. The minimum Gasteiger partial charge on any atom is -0.384 e. The topological polar surface area (TPSA) is 93.6 Å². The van der Waals surface area contributed by atoms with E-state index in [9.17, 15) is 9.90 Å². The number of nitriles is 1. The first-order valence-corrected chi connectivity index (χ1v) is 11.5. The molecule has 3 N–H and O–H groups in total. The van der Waals surface area contributed by atoms with Gasteiger partial charge in [-0.25, -0.2) is 0 Å². The number of primary amides is 1. The fraction of sp³-hybridized carbons (Fsp3) is 0.259. The number of hydrogen-bond acceptors (Lipinski definition) is 5. The van der Waals surface area contributed by atoms with Crippen LogP contribution in [0.2, 0.25) is 5.02 Å². The normalized spacial score (nSPS) is 18.2. The number of carbonyl (C=O) groups is 1. The molecule has 2 atom stereocenters. The molecule has 1 aliphatic rings. The molecule has 174 valence electrons. The first-order valence-electron chi connectivity index (χ1n) is 11.1. The molecule has 34 heavy (non-hydrogen) atoms. The number of β-amino-alcohol motifs (C(OH)–C–C–N with tert-alkyl or cyclic N) is 1. The van der Waals surface area contributed by atoms with Crippen LogP contribution in [0.5, 0.6) is 0 Å². The lowest BCUT2D eigenvalue weighted by atomic mass is 9.93. The molecule has 6 nitrogen and oxygen atoms in total. The maximum atomic E-state index is 11.6. The molecule has 3 aromatic carbocycles. The molecule has 0 radical (unpaired) electrons. The molecule has 0 bridgehead atoms. The predicted molar refractivity (Wildman–Crippen MR) is 134 cm³/mol. The van der Waals surface area contributed by atoms with E-state index in [4.69, 9.17) is 22.6 Å². The van der Waals surface area contributed by atoms with Crippen molar-refractivity contribution in [2.75, 3.05) is 31.1 Å². The number of benzene rings is 3. The summed E-state index contributed by atoms with van der Waals surface area (Å²) in [5.41, 5.74) is 8.04. The molecule has 0 unspecified atom stereocenters. The second kappa shape index (κ2) is 9.86. The number of amides is 1. The quantitative estimate of drug-likeness (QED) is 0.561. The molecule has 0 saturated carbocycles. The Balaban J connectivity index is 1.59. The maximum Gasteiger partial charge on any atom is 0.248 e. The number of carbonyl (C=O) groups excluding carboxylic acids is 1. The minimum atomic E-state index is -1.07. The number of halogens is 1. The van der Waals surface area contributed by atoms with E-state index in [2.05, 4.69) is 28.0 Å². The van der Waals surface area contributed by atoms with Gasteiger partial charge in [0.1, 0.15) is 0 Å². The summed E-state index contributed by atoms with van der Waals surface area (Å²) in [6.07, 6.45) is 0. The SMILES string of the molecule is C[C@@](O)(CN1CCN(c2ccc(C(N)=O)cc2Cl)[C@H](c2ccccc2)C1)c1ccc(C#N)cc1. The summed E-state index contributed by atoms with van der Waals surface area (Å²) in [6, 6.07) is 24.5. The number of aliphatic hydroxyl groups is 1. The molecular weight excluding hydrogens is 448 g/mol. The Morgan fingerprint density at radius 1 is 1.15 bits per heavy atom. The van der Waals surface area contributed by atoms with E-state index in [0.29, 0.717) is 35.8 Å². The van der Waals surface area contributed by atoms with E-state index < -0.39 is 11.5 Å². The Bertz CT molecular complexity index is 1210. The van der Waals surface area contributed by atoms with Gasteiger partial charge in [-0.05, 0) is 48.4 Å². The molecule has 0 spiro atoms.